The van der Waals surface area contributed by atoms with Gasteiger partial charge in [0, 0.05) is 51.0 Å². The molecule has 0 spiro atoms. The summed E-state index contributed by atoms with van der Waals surface area (Å²) in [5.74, 6) is -1.13. The third-order valence-electron chi connectivity index (χ3n) is 6.55. The van der Waals surface area contributed by atoms with Crippen molar-refractivity contribution in [3.63, 3.8) is 0 Å². The maximum atomic E-state index is 13.6. The smallest absolute Gasteiger partial charge is 0.338 e. The van der Waals surface area contributed by atoms with E-state index in [0.717, 1.165) is 11.1 Å². The van der Waals surface area contributed by atoms with Crippen LogP contribution in [-0.2, 0) is 9.53 Å². The minimum Gasteiger partial charge on any atom is -0.463 e. The lowest BCUT2D eigenvalue weighted by atomic mass is 9.93. The molecule has 2 aromatic rings. The number of likely N-dealkylation sites (N-methyl/N-ethyl adjacent to an activating group) is 1. The Morgan fingerprint density at radius 2 is 1.81 bits per heavy atom. The van der Waals surface area contributed by atoms with Crippen molar-refractivity contribution in [2.45, 2.75) is 19.9 Å². The van der Waals surface area contributed by atoms with Crippen LogP contribution < -0.4 is 5.32 Å². The van der Waals surface area contributed by atoms with Gasteiger partial charge < -0.3 is 15.0 Å². The summed E-state index contributed by atoms with van der Waals surface area (Å²) >= 11 is 0. The van der Waals surface area contributed by atoms with Crippen molar-refractivity contribution in [3.05, 3.63) is 82.3 Å². The summed E-state index contributed by atoms with van der Waals surface area (Å²) in [6.45, 7) is 6.27. The quantitative estimate of drug-likeness (QED) is 0.624. The Bertz CT molecular complexity index is 1190. The number of piperazine rings is 1. The molecule has 4 rings (SSSR count). The Hall–Kier alpha value is -3.72. The van der Waals surface area contributed by atoms with Crippen LogP contribution in [0.2, 0.25) is 0 Å². The summed E-state index contributed by atoms with van der Waals surface area (Å²) in [4.78, 5) is 44.1. The number of hydrogen-bond donors (Lipinski definition) is 1. The second-order valence-electron chi connectivity index (χ2n) is 9.02. The van der Waals surface area contributed by atoms with Crippen molar-refractivity contribution in [1.29, 1.82) is 0 Å². The molecule has 9 heteroatoms. The van der Waals surface area contributed by atoms with E-state index in [4.69, 9.17) is 4.74 Å². The number of aryl methyl sites for hydroxylation is 1. The monoisotopic (exact) mass is 494 g/mol. The standard InChI is InChI=1S/C27H31FN4O4/c1-4-36-26(34)23-22(30(3)27(35)29-24(23)19-8-5-7-18(2)15-19)17-31-11-13-32(14-12-31)25(33)20-9-6-10-21(28)16-20/h5-10,15-16,24H,4,11-14,17H2,1-3H3,(H,29,35)/t24-/m1/s1. The van der Waals surface area contributed by atoms with Crippen LogP contribution in [0.1, 0.15) is 34.5 Å². The van der Waals surface area contributed by atoms with E-state index in [1.165, 1.54) is 23.1 Å². The summed E-state index contributed by atoms with van der Waals surface area (Å²) in [5.41, 5.74) is 3.13. The molecule has 0 unspecified atom stereocenters. The first-order valence-electron chi connectivity index (χ1n) is 12.1. The molecule has 2 aliphatic rings. The first kappa shape index (κ1) is 25.4. The number of nitrogens with one attached hydrogen (secondary N) is 1. The Morgan fingerprint density at radius 1 is 1.08 bits per heavy atom. The Balaban J connectivity index is 1.57. The second-order valence-corrected chi connectivity index (χ2v) is 9.02. The minimum atomic E-state index is -0.626. The number of carbonyl (C=O) groups excluding carboxylic acids is 3. The molecule has 36 heavy (non-hydrogen) atoms. The van der Waals surface area contributed by atoms with E-state index in [2.05, 4.69) is 10.2 Å². The van der Waals surface area contributed by atoms with Gasteiger partial charge in [0.2, 0.25) is 0 Å². The van der Waals surface area contributed by atoms with Gasteiger partial charge in [-0.2, -0.15) is 0 Å². The van der Waals surface area contributed by atoms with Gasteiger partial charge in [-0.3, -0.25) is 14.6 Å². The van der Waals surface area contributed by atoms with Crippen LogP contribution in [0.25, 0.3) is 0 Å². The van der Waals surface area contributed by atoms with E-state index in [1.54, 1.807) is 24.9 Å². The van der Waals surface area contributed by atoms with Crippen LogP contribution in [0.15, 0.2) is 59.8 Å². The lowest BCUT2D eigenvalue weighted by molar-refractivity contribution is -0.139. The average Bonchev–Trinajstić information content (AvgIpc) is 2.86. The zero-order chi connectivity index (χ0) is 25.8. The number of carbonyl (C=O) groups is 3. The Morgan fingerprint density at radius 3 is 2.47 bits per heavy atom. The molecule has 1 atom stereocenters. The third-order valence-corrected chi connectivity index (χ3v) is 6.55. The van der Waals surface area contributed by atoms with Gasteiger partial charge in [-0.05, 0) is 37.6 Å². The molecule has 0 bridgehead atoms. The van der Waals surface area contributed by atoms with Crippen LogP contribution in [0.3, 0.4) is 0 Å². The van der Waals surface area contributed by atoms with Gasteiger partial charge in [0.1, 0.15) is 5.82 Å². The summed E-state index contributed by atoms with van der Waals surface area (Å²) in [5, 5.41) is 2.94. The predicted molar refractivity (Wildman–Crippen MR) is 133 cm³/mol. The molecule has 8 nitrogen and oxygen atoms in total. The van der Waals surface area contributed by atoms with Crippen molar-refractivity contribution in [3.8, 4) is 0 Å². The van der Waals surface area contributed by atoms with Crippen molar-refractivity contribution >= 4 is 17.9 Å². The average molecular weight is 495 g/mol. The molecule has 3 amide bonds. The molecule has 190 valence electrons. The highest BCUT2D eigenvalue weighted by molar-refractivity contribution is 5.95. The summed E-state index contributed by atoms with van der Waals surface area (Å²) in [6.07, 6.45) is 0. The van der Waals surface area contributed by atoms with Gasteiger partial charge in [-0.15, -0.1) is 0 Å². The molecule has 0 aliphatic carbocycles. The number of amides is 3. The zero-order valence-corrected chi connectivity index (χ0v) is 20.8. The molecular weight excluding hydrogens is 463 g/mol. The summed E-state index contributed by atoms with van der Waals surface area (Å²) in [6, 6.07) is 12.4. The number of benzene rings is 2. The normalized spacial score (nSPS) is 18.8. The molecule has 2 heterocycles. The molecular formula is C27H31FN4O4. The number of hydrogen-bond acceptors (Lipinski definition) is 5. The number of halogens is 1. The highest BCUT2D eigenvalue weighted by Gasteiger charge is 2.37. The highest BCUT2D eigenvalue weighted by atomic mass is 19.1. The lowest BCUT2D eigenvalue weighted by Gasteiger charge is -2.39. The van der Waals surface area contributed by atoms with Gasteiger partial charge in [-0.25, -0.2) is 14.0 Å². The first-order valence-corrected chi connectivity index (χ1v) is 12.1. The SMILES string of the molecule is CCOC(=O)C1=C(CN2CCN(C(=O)c3cccc(F)c3)CC2)N(C)C(=O)N[C@@H]1c1cccc(C)c1. The first-order chi connectivity index (χ1) is 17.3. The lowest BCUT2D eigenvalue weighted by Crippen LogP contribution is -2.53. The van der Waals surface area contributed by atoms with Crippen LogP contribution in [-0.4, -0.2) is 79.0 Å². The summed E-state index contributed by atoms with van der Waals surface area (Å²) < 4.78 is 19.0. The molecule has 1 fully saturated rings. The number of nitrogens with zero attached hydrogens (tertiary/aromatic N) is 3. The van der Waals surface area contributed by atoms with E-state index in [9.17, 15) is 18.8 Å². The fourth-order valence-electron chi connectivity index (χ4n) is 4.62. The van der Waals surface area contributed by atoms with Crippen LogP contribution in [0.4, 0.5) is 9.18 Å². The van der Waals surface area contributed by atoms with Gasteiger partial charge in [0.05, 0.1) is 18.2 Å². The molecule has 2 aromatic carbocycles. The highest BCUT2D eigenvalue weighted by Crippen LogP contribution is 2.32. The fraction of sp³-hybridized carbons (Fsp3) is 0.370. The molecule has 2 aliphatic heterocycles. The number of rotatable bonds is 6. The predicted octanol–water partition coefficient (Wildman–Crippen LogP) is 3.11. The molecule has 0 aromatic heterocycles. The fourth-order valence-corrected chi connectivity index (χ4v) is 4.62. The van der Waals surface area contributed by atoms with Crippen molar-refractivity contribution in [2.24, 2.45) is 0 Å². The molecule has 0 saturated carbocycles. The van der Waals surface area contributed by atoms with Crippen LogP contribution in [0.5, 0.6) is 0 Å². The van der Waals surface area contributed by atoms with Crippen molar-refractivity contribution in [1.82, 2.24) is 20.0 Å². The molecule has 1 N–H and O–H groups in total. The van der Waals surface area contributed by atoms with Gasteiger partial charge >= 0.3 is 12.0 Å². The number of ether oxygens (including phenoxy) is 1. The zero-order valence-electron chi connectivity index (χ0n) is 20.8. The van der Waals surface area contributed by atoms with E-state index >= 15 is 0 Å². The number of esters is 1. The minimum absolute atomic E-state index is 0.214. The maximum absolute atomic E-state index is 13.6. The van der Waals surface area contributed by atoms with Crippen LogP contribution >= 0.6 is 0 Å². The van der Waals surface area contributed by atoms with Crippen molar-refractivity contribution in [2.75, 3.05) is 46.4 Å². The topological polar surface area (TPSA) is 82.2 Å². The van der Waals surface area contributed by atoms with Crippen LogP contribution in [0, 0.1) is 12.7 Å². The molecule has 0 radical (unpaired) electrons. The Labute approximate surface area is 210 Å². The van der Waals surface area contributed by atoms with Gasteiger partial charge in [-0.1, -0.05) is 35.9 Å². The van der Waals surface area contributed by atoms with E-state index in [1.807, 2.05) is 31.2 Å². The molecule has 1 saturated heterocycles. The van der Waals surface area contributed by atoms with E-state index in [-0.39, 0.29) is 18.5 Å². The number of urea groups is 1. The van der Waals surface area contributed by atoms with E-state index in [0.29, 0.717) is 49.6 Å². The van der Waals surface area contributed by atoms with Crippen molar-refractivity contribution < 1.29 is 23.5 Å². The van der Waals surface area contributed by atoms with Gasteiger partial charge in [0.25, 0.3) is 5.91 Å². The Kier molecular flexibility index (Phi) is 7.69. The maximum Gasteiger partial charge on any atom is 0.338 e. The van der Waals surface area contributed by atoms with E-state index < -0.39 is 17.8 Å². The largest absolute Gasteiger partial charge is 0.463 e. The third kappa shape index (κ3) is 5.41. The van der Waals surface area contributed by atoms with Gasteiger partial charge in [0.15, 0.2) is 0 Å². The summed E-state index contributed by atoms with van der Waals surface area (Å²) in [7, 11) is 1.64. The second kappa shape index (κ2) is 10.9.